The van der Waals surface area contributed by atoms with E-state index in [0.717, 1.165) is 18.8 Å². The van der Waals surface area contributed by atoms with E-state index in [1.165, 1.54) is 12.8 Å². The lowest BCUT2D eigenvalue weighted by atomic mass is 9.87. The van der Waals surface area contributed by atoms with Crippen LogP contribution >= 0.6 is 11.8 Å². The highest BCUT2D eigenvalue weighted by molar-refractivity contribution is 8.00. The first-order valence-corrected chi connectivity index (χ1v) is 7.79. The Morgan fingerprint density at radius 2 is 2.06 bits per heavy atom. The topological polar surface area (TPSA) is 57.6 Å². The van der Waals surface area contributed by atoms with E-state index in [1.54, 1.807) is 16.7 Å². The summed E-state index contributed by atoms with van der Waals surface area (Å²) in [7, 11) is 0. The monoisotopic (exact) mass is 269 g/mol. The largest absolute Gasteiger partial charge is 0.480 e. The summed E-state index contributed by atoms with van der Waals surface area (Å²) in [4.78, 5) is 25.5. The normalized spacial score (nSPS) is 42.5. The number of hydrogen-bond acceptors (Lipinski definition) is 3. The number of carboxylic acid groups (broad SMARTS) is 1. The Hall–Kier alpha value is -0.710. The predicted octanol–water partition coefficient (Wildman–Crippen LogP) is 1.80. The third kappa shape index (κ3) is 1.83. The third-order valence-electron chi connectivity index (χ3n) is 4.82. The van der Waals surface area contributed by atoms with Gasteiger partial charge in [0.15, 0.2) is 0 Å². The Morgan fingerprint density at radius 3 is 2.61 bits per heavy atom. The van der Waals surface area contributed by atoms with Gasteiger partial charge >= 0.3 is 5.97 Å². The number of carboxylic acids is 1. The van der Waals surface area contributed by atoms with Crippen molar-refractivity contribution < 1.29 is 14.7 Å². The molecule has 3 rings (SSSR count). The summed E-state index contributed by atoms with van der Waals surface area (Å²) < 4.78 is 0. The molecule has 1 aliphatic heterocycles. The van der Waals surface area contributed by atoms with Gasteiger partial charge in [0.05, 0.1) is 5.37 Å². The van der Waals surface area contributed by atoms with E-state index in [2.05, 4.69) is 0 Å². The number of thioether (sulfide) groups is 1. The maximum Gasteiger partial charge on any atom is 0.327 e. The molecule has 1 heterocycles. The lowest BCUT2D eigenvalue weighted by molar-refractivity contribution is -0.151. The quantitative estimate of drug-likeness (QED) is 0.830. The summed E-state index contributed by atoms with van der Waals surface area (Å²) in [5, 5.41) is 9.23. The second-order valence-corrected chi connectivity index (χ2v) is 7.16. The molecule has 2 saturated carbocycles. The van der Waals surface area contributed by atoms with Crippen LogP contribution in [0.3, 0.4) is 0 Å². The van der Waals surface area contributed by atoms with Crippen molar-refractivity contribution in [2.45, 2.75) is 44.0 Å². The molecule has 0 radical (unpaired) electrons. The van der Waals surface area contributed by atoms with Crippen LogP contribution in [0, 0.1) is 17.8 Å². The summed E-state index contributed by atoms with van der Waals surface area (Å²) in [5.41, 5.74) is 0. The number of carbonyl (C=O) groups excluding carboxylic acids is 1. The van der Waals surface area contributed by atoms with Gasteiger partial charge in [-0.1, -0.05) is 6.42 Å². The number of nitrogens with zero attached hydrogens (tertiary/aromatic N) is 1. The summed E-state index contributed by atoms with van der Waals surface area (Å²) in [6, 6.07) is -0.614. The van der Waals surface area contributed by atoms with Crippen LogP contribution in [0.2, 0.25) is 0 Å². The van der Waals surface area contributed by atoms with E-state index in [1.807, 2.05) is 6.92 Å². The van der Waals surface area contributed by atoms with Crippen LogP contribution in [0.4, 0.5) is 0 Å². The van der Waals surface area contributed by atoms with Gasteiger partial charge in [-0.05, 0) is 38.0 Å². The van der Waals surface area contributed by atoms with Crippen LogP contribution < -0.4 is 0 Å². The minimum Gasteiger partial charge on any atom is -0.480 e. The minimum atomic E-state index is -0.858. The third-order valence-corrected chi connectivity index (χ3v) is 6.04. The van der Waals surface area contributed by atoms with Crippen molar-refractivity contribution >= 4 is 23.6 Å². The van der Waals surface area contributed by atoms with Crippen molar-refractivity contribution in [1.29, 1.82) is 0 Å². The van der Waals surface area contributed by atoms with Crippen LogP contribution in [0.1, 0.15) is 32.6 Å². The Bertz CT molecular complexity index is 386. The molecule has 100 valence electrons. The number of fused-ring (bicyclic) bond motifs is 2. The molecular weight excluding hydrogens is 250 g/mol. The molecule has 2 bridgehead atoms. The van der Waals surface area contributed by atoms with Gasteiger partial charge in [0.2, 0.25) is 5.91 Å². The molecule has 1 N–H and O–H groups in total. The number of aliphatic carboxylic acids is 1. The van der Waals surface area contributed by atoms with E-state index in [0.29, 0.717) is 11.7 Å². The van der Waals surface area contributed by atoms with Gasteiger partial charge in [-0.3, -0.25) is 4.79 Å². The second-order valence-electron chi connectivity index (χ2n) is 5.81. The highest BCUT2D eigenvalue weighted by atomic mass is 32.2. The fourth-order valence-electron chi connectivity index (χ4n) is 3.91. The zero-order valence-electron chi connectivity index (χ0n) is 10.5. The van der Waals surface area contributed by atoms with Gasteiger partial charge in [-0.2, -0.15) is 0 Å². The van der Waals surface area contributed by atoms with Crippen molar-refractivity contribution in [2.75, 3.05) is 5.75 Å². The average Bonchev–Trinajstić information content (AvgIpc) is 3.01. The molecule has 0 aromatic heterocycles. The first-order chi connectivity index (χ1) is 8.58. The van der Waals surface area contributed by atoms with Crippen LogP contribution in [0.5, 0.6) is 0 Å². The van der Waals surface area contributed by atoms with Crippen LogP contribution in [-0.4, -0.2) is 39.1 Å². The van der Waals surface area contributed by atoms with Gasteiger partial charge in [0, 0.05) is 11.7 Å². The average molecular weight is 269 g/mol. The lowest BCUT2D eigenvalue weighted by Gasteiger charge is -2.31. The van der Waals surface area contributed by atoms with Crippen molar-refractivity contribution in [2.24, 2.45) is 17.8 Å². The van der Waals surface area contributed by atoms with Gasteiger partial charge < -0.3 is 10.0 Å². The van der Waals surface area contributed by atoms with E-state index in [-0.39, 0.29) is 17.2 Å². The zero-order chi connectivity index (χ0) is 12.9. The van der Waals surface area contributed by atoms with E-state index in [9.17, 15) is 14.7 Å². The fourth-order valence-corrected chi connectivity index (χ4v) is 5.08. The smallest absolute Gasteiger partial charge is 0.327 e. The van der Waals surface area contributed by atoms with Crippen LogP contribution in [0.15, 0.2) is 0 Å². The van der Waals surface area contributed by atoms with Crippen molar-refractivity contribution in [3.63, 3.8) is 0 Å². The van der Waals surface area contributed by atoms with Gasteiger partial charge in [-0.25, -0.2) is 4.79 Å². The standard InChI is InChI=1S/C13H19NO3S/c1-7-14(11(6-18-7)13(16)17)12(15)10-5-8-2-3-9(10)4-8/h7-11H,2-6H2,1H3,(H,16,17). The van der Waals surface area contributed by atoms with Crippen molar-refractivity contribution in [3.05, 3.63) is 0 Å². The number of hydrogen-bond donors (Lipinski definition) is 1. The molecule has 2 aliphatic carbocycles. The Balaban J connectivity index is 1.76. The Labute approximate surface area is 111 Å². The van der Waals surface area contributed by atoms with Crippen LogP contribution in [0.25, 0.3) is 0 Å². The molecule has 0 spiro atoms. The predicted molar refractivity (Wildman–Crippen MR) is 69.1 cm³/mol. The maximum absolute atomic E-state index is 12.6. The number of carbonyl (C=O) groups is 2. The molecule has 1 saturated heterocycles. The molecule has 18 heavy (non-hydrogen) atoms. The SMILES string of the molecule is CC1SCC(C(=O)O)N1C(=O)C1CC2CCC1C2. The number of rotatable bonds is 2. The first kappa shape index (κ1) is 12.3. The molecule has 5 unspecified atom stereocenters. The minimum absolute atomic E-state index is 0.0118. The highest BCUT2D eigenvalue weighted by Crippen LogP contribution is 2.49. The van der Waals surface area contributed by atoms with E-state index < -0.39 is 12.0 Å². The molecule has 4 nitrogen and oxygen atoms in total. The van der Waals surface area contributed by atoms with Gasteiger partial charge in [0.25, 0.3) is 0 Å². The summed E-state index contributed by atoms with van der Waals surface area (Å²) in [6.07, 6.45) is 4.60. The molecule has 1 amide bonds. The molecule has 0 aromatic rings. The molecule has 3 fully saturated rings. The Morgan fingerprint density at radius 1 is 1.28 bits per heavy atom. The lowest BCUT2D eigenvalue weighted by Crippen LogP contribution is -2.48. The summed E-state index contributed by atoms with van der Waals surface area (Å²) in [6.45, 7) is 1.94. The maximum atomic E-state index is 12.6. The Kier molecular flexibility index (Phi) is 3.04. The van der Waals surface area contributed by atoms with Gasteiger partial charge in [-0.15, -0.1) is 11.8 Å². The molecule has 5 atom stereocenters. The summed E-state index contributed by atoms with van der Waals surface area (Å²) in [5.74, 6) is 1.12. The van der Waals surface area contributed by atoms with E-state index >= 15 is 0 Å². The number of amides is 1. The first-order valence-electron chi connectivity index (χ1n) is 6.74. The van der Waals surface area contributed by atoms with E-state index in [4.69, 9.17) is 0 Å². The van der Waals surface area contributed by atoms with Crippen molar-refractivity contribution in [3.8, 4) is 0 Å². The fraction of sp³-hybridized carbons (Fsp3) is 0.846. The second kappa shape index (κ2) is 4.44. The zero-order valence-corrected chi connectivity index (χ0v) is 11.4. The van der Waals surface area contributed by atoms with Gasteiger partial charge in [0.1, 0.15) is 6.04 Å². The summed E-state index contributed by atoms with van der Waals surface area (Å²) >= 11 is 1.57. The highest BCUT2D eigenvalue weighted by Gasteiger charge is 2.48. The molecule has 3 aliphatic rings. The molecular formula is C13H19NO3S. The van der Waals surface area contributed by atoms with Crippen LogP contribution in [-0.2, 0) is 9.59 Å². The van der Waals surface area contributed by atoms with Crippen molar-refractivity contribution in [1.82, 2.24) is 4.90 Å². The molecule has 0 aromatic carbocycles. The molecule has 5 heteroatoms.